The average Bonchev–Trinajstić information content (AvgIpc) is 2.46. The topological polar surface area (TPSA) is 78.1 Å². The largest absolute Gasteiger partial charge is 0.465 e. The van der Waals surface area contributed by atoms with Gasteiger partial charge in [0.25, 0.3) is 0 Å². The number of nitrogens with two attached hydrogens (primary N) is 1. The van der Waals surface area contributed by atoms with Crippen molar-refractivity contribution in [2.24, 2.45) is 0 Å². The number of benzene rings is 1. The molecular formula is C14H11N3O2. The van der Waals surface area contributed by atoms with Crippen molar-refractivity contribution in [3.05, 3.63) is 42.1 Å². The monoisotopic (exact) mass is 253 g/mol. The Bertz CT molecular complexity index is 799. The summed E-state index contributed by atoms with van der Waals surface area (Å²) in [6.07, 6.45) is 1.68. The SMILES string of the molecule is COC(=O)c1ccc2c(c1)nc(N)c1ncccc12. The van der Waals surface area contributed by atoms with Gasteiger partial charge in [0.1, 0.15) is 5.52 Å². The van der Waals surface area contributed by atoms with Crippen molar-refractivity contribution in [2.45, 2.75) is 0 Å². The molecule has 94 valence electrons. The van der Waals surface area contributed by atoms with E-state index in [2.05, 4.69) is 9.97 Å². The number of pyridine rings is 2. The molecule has 5 nitrogen and oxygen atoms in total. The molecular weight excluding hydrogens is 242 g/mol. The molecule has 0 spiro atoms. The van der Waals surface area contributed by atoms with E-state index < -0.39 is 5.97 Å². The number of fused-ring (bicyclic) bond motifs is 3. The highest BCUT2D eigenvalue weighted by Gasteiger charge is 2.10. The predicted molar refractivity (Wildman–Crippen MR) is 72.8 cm³/mol. The van der Waals surface area contributed by atoms with Crippen LogP contribution in [0.2, 0.25) is 0 Å². The molecule has 3 rings (SSSR count). The van der Waals surface area contributed by atoms with Gasteiger partial charge in [-0.3, -0.25) is 4.98 Å². The van der Waals surface area contributed by atoms with E-state index in [9.17, 15) is 4.79 Å². The van der Waals surface area contributed by atoms with Gasteiger partial charge in [-0.1, -0.05) is 12.1 Å². The summed E-state index contributed by atoms with van der Waals surface area (Å²) in [5.41, 5.74) is 7.66. The Balaban J connectivity index is 2.37. The second-order valence-corrected chi connectivity index (χ2v) is 4.12. The number of aromatic nitrogens is 2. The minimum absolute atomic E-state index is 0.352. The number of rotatable bonds is 1. The smallest absolute Gasteiger partial charge is 0.337 e. The first-order valence-corrected chi connectivity index (χ1v) is 5.73. The summed E-state index contributed by atoms with van der Waals surface area (Å²) in [6, 6.07) is 8.98. The van der Waals surface area contributed by atoms with Crippen LogP contribution in [0.5, 0.6) is 0 Å². The summed E-state index contributed by atoms with van der Waals surface area (Å²) < 4.78 is 4.69. The minimum atomic E-state index is -0.395. The van der Waals surface area contributed by atoms with Crippen LogP contribution in [0.3, 0.4) is 0 Å². The molecule has 2 heterocycles. The Morgan fingerprint density at radius 1 is 1.26 bits per heavy atom. The van der Waals surface area contributed by atoms with Crippen molar-refractivity contribution in [1.82, 2.24) is 9.97 Å². The lowest BCUT2D eigenvalue weighted by Gasteiger charge is -2.06. The minimum Gasteiger partial charge on any atom is -0.465 e. The highest BCUT2D eigenvalue weighted by molar-refractivity contribution is 6.09. The maximum Gasteiger partial charge on any atom is 0.337 e. The van der Waals surface area contributed by atoms with E-state index in [1.165, 1.54) is 7.11 Å². The van der Waals surface area contributed by atoms with Gasteiger partial charge in [0.15, 0.2) is 5.82 Å². The summed E-state index contributed by atoms with van der Waals surface area (Å²) in [5, 5.41) is 1.83. The van der Waals surface area contributed by atoms with Crippen LogP contribution in [0.15, 0.2) is 36.5 Å². The van der Waals surface area contributed by atoms with E-state index >= 15 is 0 Å². The molecule has 0 bridgehead atoms. The van der Waals surface area contributed by atoms with Gasteiger partial charge >= 0.3 is 5.97 Å². The highest BCUT2D eigenvalue weighted by atomic mass is 16.5. The molecule has 19 heavy (non-hydrogen) atoms. The molecule has 0 fully saturated rings. The summed E-state index contributed by atoms with van der Waals surface area (Å²) in [6.45, 7) is 0. The second-order valence-electron chi connectivity index (χ2n) is 4.12. The van der Waals surface area contributed by atoms with Gasteiger partial charge in [-0.15, -0.1) is 0 Å². The van der Waals surface area contributed by atoms with Crippen LogP contribution in [0, 0.1) is 0 Å². The Hall–Kier alpha value is -2.69. The third kappa shape index (κ3) is 1.76. The number of hydrogen-bond acceptors (Lipinski definition) is 5. The summed E-state index contributed by atoms with van der Waals surface area (Å²) >= 11 is 0. The van der Waals surface area contributed by atoms with Crippen LogP contribution in [-0.4, -0.2) is 23.0 Å². The molecule has 0 aliphatic heterocycles. The van der Waals surface area contributed by atoms with Gasteiger partial charge in [-0.2, -0.15) is 0 Å². The highest BCUT2D eigenvalue weighted by Crippen LogP contribution is 2.26. The lowest BCUT2D eigenvalue weighted by Crippen LogP contribution is -2.02. The van der Waals surface area contributed by atoms with Crippen molar-refractivity contribution in [2.75, 3.05) is 12.8 Å². The van der Waals surface area contributed by atoms with Crippen molar-refractivity contribution < 1.29 is 9.53 Å². The van der Waals surface area contributed by atoms with Gasteiger partial charge in [-0.25, -0.2) is 9.78 Å². The Morgan fingerprint density at radius 3 is 2.89 bits per heavy atom. The Morgan fingerprint density at radius 2 is 2.11 bits per heavy atom. The third-order valence-corrected chi connectivity index (χ3v) is 3.00. The van der Waals surface area contributed by atoms with Crippen LogP contribution in [-0.2, 0) is 4.74 Å². The van der Waals surface area contributed by atoms with E-state index in [0.717, 1.165) is 10.8 Å². The number of carbonyl (C=O) groups is 1. The van der Waals surface area contributed by atoms with E-state index in [0.29, 0.717) is 22.4 Å². The predicted octanol–water partition coefficient (Wildman–Crippen LogP) is 2.15. The molecule has 3 aromatic rings. The summed E-state index contributed by atoms with van der Waals surface area (Å²) in [7, 11) is 1.35. The van der Waals surface area contributed by atoms with Gasteiger partial charge in [0.2, 0.25) is 0 Å². The zero-order valence-corrected chi connectivity index (χ0v) is 10.3. The number of nitrogens with zero attached hydrogens (tertiary/aromatic N) is 2. The number of ether oxygens (including phenoxy) is 1. The van der Waals surface area contributed by atoms with Crippen LogP contribution in [0.25, 0.3) is 21.8 Å². The fourth-order valence-electron chi connectivity index (χ4n) is 2.11. The van der Waals surface area contributed by atoms with Gasteiger partial charge in [0.05, 0.1) is 18.2 Å². The molecule has 2 aromatic heterocycles. The van der Waals surface area contributed by atoms with Crippen LogP contribution < -0.4 is 5.73 Å². The molecule has 0 aliphatic rings. The second kappa shape index (κ2) is 4.20. The summed E-state index contributed by atoms with van der Waals surface area (Å²) in [4.78, 5) is 20.0. The zero-order valence-electron chi connectivity index (χ0n) is 10.3. The first kappa shape index (κ1) is 11.4. The molecule has 5 heteroatoms. The van der Waals surface area contributed by atoms with E-state index in [-0.39, 0.29) is 0 Å². The van der Waals surface area contributed by atoms with Crippen LogP contribution >= 0.6 is 0 Å². The zero-order chi connectivity index (χ0) is 13.4. The number of methoxy groups -OCH3 is 1. The molecule has 0 saturated carbocycles. The third-order valence-electron chi connectivity index (χ3n) is 3.00. The number of hydrogen-bond donors (Lipinski definition) is 1. The number of carbonyl (C=O) groups excluding carboxylic acids is 1. The van der Waals surface area contributed by atoms with Crippen molar-refractivity contribution in [1.29, 1.82) is 0 Å². The number of anilines is 1. The quantitative estimate of drug-likeness (QED) is 0.531. The van der Waals surface area contributed by atoms with Crippen molar-refractivity contribution in [3.8, 4) is 0 Å². The standard InChI is InChI=1S/C14H11N3O2/c1-19-14(18)8-4-5-9-10-3-2-6-16-12(10)13(15)17-11(9)7-8/h2-7H,1H3,(H2,15,17). The lowest BCUT2D eigenvalue weighted by molar-refractivity contribution is 0.0601. The molecule has 2 N–H and O–H groups in total. The average molecular weight is 253 g/mol. The van der Waals surface area contributed by atoms with E-state index in [1.54, 1.807) is 18.3 Å². The molecule has 0 amide bonds. The normalized spacial score (nSPS) is 10.8. The maximum atomic E-state index is 11.5. The van der Waals surface area contributed by atoms with E-state index in [4.69, 9.17) is 10.5 Å². The number of nitrogen functional groups attached to an aromatic ring is 1. The van der Waals surface area contributed by atoms with Crippen LogP contribution in [0.4, 0.5) is 5.82 Å². The molecule has 0 unspecified atom stereocenters. The molecule has 0 atom stereocenters. The fraction of sp³-hybridized carbons (Fsp3) is 0.0714. The Kier molecular flexibility index (Phi) is 2.52. The van der Waals surface area contributed by atoms with Gasteiger partial charge in [0, 0.05) is 17.0 Å². The van der Waals surface area contributed by atoms with Gasteiger partial charge in [-0.05, 0) is 18.2 Å². The van der Waals surface area contributed by atoms with Crippen molar-refractivity contribution in [3.63, 3.8) is 0 Å². The first-order valence-electron chi connectivity index (χ1n) is 5.73. The van der Waals surface area contributed by atoms with Crippen LogP contribution in [0.1, 0.15) is 10.4 Å². The van der Waals surface area contributed by atoms with Crippen molar-refractivity contribution >= 4 is 33.6 Å². The lowest BCUT2D eigenvalue weighted by atomic mass is 10.1. The molecule has 1 aromatic carbocycles. The Labute approximate surface area is 109 Å². The first-order chi connectivity index (χ1) is 9.20. The maximum absolute atomic E-state index is 11.5. The fourth-order valence-corrected chi connectivity index (χ4v) is 2.11. The molecule has 0 aliphatic carbocycles. The molecule has 0 saturated heterocycles. The van der Waals surface area contributed by atoms with Gasteiger partial charge < -0.3 is 10.5 Å². The summed E-state index contributed by atoms with van der Waals surface area (Å²) in [5.74, 6) is -0.0429. The van der Waals surface area contributed by atoms with E-state index in [1.807, 2.05) is 18.2 Å². The number of esters is 1. The molecule has 0 radical (unpaired) electrons.